The SMILES string of the molecule is O=S(=O)(F)OOC1NCCS1. The van der Waals surface area contributed by atoms with E-state index in [9.17, 15) is 12.3 Å². The maximum absolute atomic E-state index is 11.6. The van der Waals surface area contributed by atoms with Gasteiger partial charge >= 0.3 is 10.5 Å². The van der Waals surface area contributed by atoms with Crippen molar-refractivity contribution in [2.75, 3.05) is 12.3 Å². The fourth-order valence-corrected chi connectivity index (χ4v) is 1.55. The third-order valence-corrected chi connectivity index (χ3v) is 2.12. The summed E-state index contributed by atoms with van der Waals surface area (Å²) in [5, 5.41) is 2.71. The summed E-state index contributed by atoms with van der Waals surface area (Å²) in [5.41, 5.74) is -0.597. The lowest BCUT2D eigenvalue weighted by Crippen LogP contribution is -2.23. The molecule has 0 saturated carbocycles. The van der Waals surface area contributed by atoms with Crippen LogP contribution in [-0.2, 0) is 19.7 Å². The van der Waals surface area contributed by atoms with E-state index in [-0.39, 0.29) is 0 Å². The van der Waals surface area contributed by atoms with Gasteiger partial charge in [-0.15, -0.1) is 11.8 Å². The highest BCUT2D eigenvalue weighted by Gasteiger charge is 2.19. The molecular weight excluding hydrogens is 197 g/mol. The van der Waals surface area contributed by atoms with Crippen LogP contribution in [0.1, 0.15) is 0 Å². The van der Waals surface area contributed by atoms with Gasteiger partial charge in [0.15, 0.2) is 5.56 Å². The minimum absolute atomic E-state index is 0.597. The van der Waals surface area contributed by atoms with E-state index in [0.717, 1.165) is 5.75 Å². The molecule has 1 N–H and O–H groups in total. The van der Waals surface area contributed by atoms with Crippen molar-refractivity contribution in [3.8, 4) is 0 Å². The summed E-state index contributed by atoms with van der Waals surface area (Å²) >= 11 is 1.29. The molecule has 0 aromatic rings. The summed E-state index contributed by atoms with van der Waals surface area (Å²) in [7, 11) is -4.99. The number of halogens is 1. The lowest BCUT2D eigenvalue weighted by atomic mass is 10.8. The van der Waals surface area contributed by atoms with E-state index in [2.05, 4.69) is 14.5 Å². The maximum atomic E-state index is 11.6. The Morgan fingerprint density at radius 2 is 2.36 bits per heavy atom. The smallest absolute Gasteiger partial charge is 0.280 e. The molecule has 66 valence electrons. The van der Waals surface area contributed by atoms with E-state index in [4.69, 9.17) is 0 Å². The largest absolute Gasteiger partial charge is 0.464 e. The molecule has 0 aromatic carbocycles. The highest BCUT2D eigenvalue weighted by Crippen LogP contribution is 2.15. The third-order valence-electron chi connectivity index (χ3n) is 0.890. The number of rotatable bonds is 3. The molecule has 1 aliphatic rings. The summed E-state index contributed by atoms with van der Waals surface area (Å²) in [6, 6.07) is 0. The monoisotopic (exact) mass is 203 g/mol. The van der Waals surface area contributed by atoms with Gasteiger partial charge in [-0.3, -0.25) is 5.32 Å². The van der Waals surface area contributed by atoms with Gasteiger partial charge in [0.2, 0.25) is 0 Å². The molecule has 1 saturated heterocycles. The van der Waals surface area contributed by atoms with Crippen molar-refractivity contribution in [2.45, 2.75) is 5.56 Å². The predicted octanol–water partition coefficient (Wildman–Crippen LogP) is -0.231. The van der Waals surface area contributed by atoms with Crippen LogP contribution >= 0.6 is 11.8 Å². The maximum Gasteiger partial charge on any atom is 0.464 e. The second-order valence-electron chi connectivity index (χ2n) is 1.71. The summed E-state index contributed by atoms with van der Waals surface area (Å²) in [4.78, 5) is 4.16. The standard InChI is InChI=1S/C3H6FNO4S2/c4-11(6,7)9-8-3-5-1-2-10-3/h3,5H,1-2H2. The van der Waals surface area contributed by atoms with Crippen LogP contribution in [0.15, 0.2) is 0 Å². The van der Waals surface area contributed by atoms with Gasteiger partial charge < -0.3 is 0 Å². The lowest BCUT2D eigenvalue weighted by Gasteiger charge is -2.05. The molecule has 0 radical (unpaired) electrons. The van der Waals surface area contributed by atoms with E-state index >= 15 is 0 Å². The van der Waals surface area contributed by atoms with Gasteiger partial charge in [0, 0.05) is 12.3 Å². The summed E-state index contributed by atoms with van der Waals surface area (Å²) in [5.74, 6) is 0.778. The Bertz CT molecular complexity index is 211. The first-order valence-electron chi connectivity index (χ1n) is 2.72. The third kappa shape index (κ3) is 3.87. The van der Waals surface area contributed by atoms with E-state index in [1.807, 2.05) is 0 Å². The normalized spacial score (nSPS) is 25.7. The molecule has 5 nitrogen and oxygen atoms in total. The van der Waals surface area contributed by atoms with Gasteiger partial charge in [0.25, 0.3) is 0 Å². The highest BCUT2D eigenvalue weighted by atomic mass is 32.3. The first-order valence-corrected chi connectivity index (χ1v) is 5.08. The fourth-order valence-electron chi connectivity index (χ4n) is 0.546. The minimum Gasteiger partial charge on any atom is -0.280 e. The molecule has 11 heavy (non-hydrogen) atoms. The van der Waals surface area contributed by atoms with Crippen LogP contribution < -0.4 is 5.32 Å². The first kappa shape index (κ1) is 9.20. The van der Waals surface area contributed by atoms with Crippen LogP contribution in [-0.4, -0.2) is 26.3 Å². The first-order chi connectivity index (χ1) is 5.08. The number of nitrogens with one attached hydrogen (secondary N) is 1. The van der Waals surface area contributed by atoms with Crippen molar-refractivity contribution in [2.24, 2.45) is 0 Å². The van der Waals surface area contributed by atoms with E-state index < -0.39 is 16.1 Å². The Labute approximate surface area is 67.6 Å². The van der Waals surface area contributed by atoms with E-state index in [0.29, 0.717) is 6.54 Å². The highest BCUT2D eigenvalue weighted by molar-refractivity contribution is 8.00. The topological polar surface area (TPSA) is 64.6 Å². The second kappa shape index (κ2) is 3.68. The Morgan fingerprint density at radius 1 is 1.64 bits per heavy atom. The van der Waals surface area contributed by atoms with Crippen LogP contribution in [0.2, 0.25) is 0 Å². The average molecular weight is 203 g/mol. The van der Waals surface area contributed by atoms with Gasteiger partial charge in [-0.05, 0) is 0 Å². The molecule has 1 unspecified atom stereocenters. The van der Waals surface area contributed by atoms with Crippen LogP contribution in [0.25, 0.3) is 0 Å². The van der Waals surface area contributed by atoms with Crippen molar-refractivity contribution in [1.29, 1.82) is 0 Å². The molecule has 1 aliphatic heterocycles. The van der Waals surface area contributed by atoms with Gasteiger partial charge in [-0.2, -0.15) is 13.3 Å². The van der Waals surface area contributed by atoms with E-state index in [1.54, 1.807) is 0 Å². The van der Waals surface area contributed by atoms with Crippen molar-refractivity contribution in [3.05, 3.63) is 0 Å². The van der Waals surface area contributed by atoms with Crippen molar-refractivity contribution in [1.82, 2.24) is 5.32 Å². The number of hydrogen-bond donors (Lipinski definition) is 1. The van der Waals surface area contributed by atoms with Crippen molar-refractivity contribution in [3.63, 3.8) is 0 Å². The Balaban J connectivity index is 2.22. The van der Waals surface area contributed by atoms with Crippen LogP contribution in [0.5, 0.6) is 0 Å². The Morgan fingerprint density at radius 3 is 2.82 bits per heavy atom. The van der Waals surface area contributed by atoms with Crippen LogP contribution in [0, 0.1) is 0 Å². The quantitative estimate of drug-likeness (QED) is 0.388. The second-order valence-corrected chi connectivity index (χ2v) is 3.81. The summed E-state index contributed by atoms with van der Waals surface area (Å²) < 4.78 is 34.5. The zero-order valence-electron chi connectivity index (χ0n) is 5.32. The van der Waals surface area contributed by atoms with Crippen molar-refractivity contribution >= 4 is 22.3 Å². The van der Waals surface area contributed by atoms with Gasteiger partial charge in [-0.25, -0.2) is 0 Å². The molecule has 1 fully saturated rings. The van der Waals surface area contributed by atoms with Crippen LogP contribution in [0.3, 0.4) is 0 Å². The molecular formula is C3H6FNO4S2. The fraction of sp³-hybridized carbons (Fsp3) is 1.00. The zero-order chi connectivity index (χ0) is 8.32. The van der Waals surface area contributed by atoms with Crippen molar-refractivity contribution < 1.29 is 21.5 Å². The molecule has 0 aliphatic carbocycles. The van der Waals surface area contributed by atoms with Gasteiger partial charge in [0.1, 0.15) is 0 Å². The molecule has 0 bridgehead atoms. The predicted molar refractivity (Wildman–Crippen MR) is 36.4 cm³/mol. The number of thioether (sulfide) groups is 1. The minimum atomic E-state index is -4.99. The van der Waals surface area contributed by atoms with E-state index in [1.165, 1.54) is 11.8 Å². The molecule has 1 heterocycles. The summed E-state index contributed by atoms with van der Waals surface area (Å²) in [6.07, 6.45) is 0. The van der Waals surface area contributed by atoms with Gasteiger partial charge in [-0.1, -0.05) is 8.22 Å². The molecule has 0 spiro atoms. The Kier molecular flexibility index (Phi) is 3.07. The molecule has 0 amide bonds. The van der Waals surface area contributed by atoms with Crippen LogP contribution in [0.4, 0.5) is 3.89 Å². The lowest BCUT2D eigenvalue weighted by molar-refractivity contribution is -0.222. The average Bonchev–Trinajstić information content (AvgIpc) is 2.32. The summed E-state index contributed by atoms with van der Waals surface area (Å²) in [6.45, 7) is 0.686. The molecule has 1 rings (SSSR count). The molecule has 0 aromatic heterocycles. The van der Waals surface area contributed by atoms with Gasteiger partial charge in [0.05, 0.1) is 0 Å². The zero-order valence-corrected chi connectivity index (χ0v) is 6.95. The molecule has 1 atom stereocenters. The molecule has 8 heteroatoms. The Hall–Kier alpha value is 0.110. The number of hydrogen-bond acceptors (Lipinski definition) is 6.